The first kappa shape index (κ1) is 18.4. The molecular formula is C18H21N5O4. The molecule has 0 aliphatic heterocycles. The molecule has 0 unspecified atom stereocenters. The Morgan fingerprint density at radius 2 is 1.85 bits per heavy atom. The molecule has 2 aromatic heterocycles. The van der Waals surface area contributed by atoms with Gasteiger partial charge >= 0.3 is 5.69 Å². The highest BCUT2D eigenvalue weighted by atomic mass is 16.5. The molecule has 0 bridgehead atoms. The first-order valence-corrected chi connectivity index (χ1v) is 8.43. The van der Waals surface area contributed by atoms with E-state index in [2.05, 4.69) is 10.3 Å². The van der Waals surface area contributed by atoms with Gasteiger partial charge in [-0.2, -0.15) is 0 Å². The largest absolute Gasteiger partial charge is 0.497 e. The molecule has 0 saturated carbocycles. The van der Waals surface area contributed by atoms with Crippen LogP contribution in [0.5, 0.6) is 5.75 Å². The summed E-state index contributed by atoms with van der Waals surface area (Å²) >= 11 is 0. The minimum Gasteiger partial charge on any atom is -0.497 e. The lowest BCUT2D eigenvalue weighted by molar-refractivity contribution is -0.121. The van der Waals surface area contributed by atoms with Crippen LogP contribution in [0.4, 0.5) is 0 Å². The molecule has 0 atom stereocenters. The van der Waals surface area contributed by atoms with Crippen molar-refractivity contribution in [2.45, 2.75) is 19.5 Å². The summed E-state index contributed by atoms with van der Waals surface area (Å²) < 4.78 is 9.05. The normalized spacial score (nSPS) is 10.9. The maximum Gasteiger partial charge on any atom is 0.332 e. The molecule has 27 heavy (non-hydrogen) atoms. The van der Waals surface area contributed by atoms with Crippen LogP contribution in [-0.2, 0) is 32.0 Å². The van der Waals surface area contributed by atoms with E-state index in [1.54, 1.807) is 18.7 Å². The number of methoxy groups -OCH3 is 1. The fourth-order valence-electron chi connectivity index (χ4n) is 2.82. The molecule has 1 amide bonds. The van der Waals surface area contributed by atoms with Gasteiger partial charge in [-0.25, -0.2) is 9.78 Å². The topological polar surface area (TPSA) is 100 Å². The van der Waals surface area contributed by atoms with Crippen molar-refractivity contribution in [3.63, 3.8) is 0 Å². The van der Waals surface area contributed by atoms with Gasteiger partial charge in [-0.1, -0.05) is 12.1 Å². The molecule has 0 fully saturated rings. The molecule has 9 nitrogen and oxygen atoms in total. The van der Waals surface area contributed by atoms with Gasteiger partial charge in [0.1, 0.15) is 5.75 Å². The number of nitrogens with zero attached hydrogens (tertiary/aromatic N) is 4. The summed E-state index contributed by atoms with van der Waals surface area (Å²) in [6.45, 7) is 0.697. The van der Waals surface area contributed by atoms with Crippen LogP contribution >= 0.6 is 0 Å². The zero-order chi connectivity index (χ0) is 19.6. The number of hydrogen-bond donors (Lipinski definition) is 1. The number of ether oxygens (including phenoxy) is 1. The van der Waals surface area contributed by atoms with Crippen molar-refractivity contribution in [2.24, 2.45) is 14.1 Å². The lowest BCUT2D eigenvalue weighted by Crippen LogP contribution is -2.37. The van der Waals surface area contributed by atoms with Gasteiger partial charge in [0.05, 0.1) is 13.4 Å². The SMILES string of the molecule is COc1ccc(CNC(=O)CCn2cnc3c2c(=O)n(C)c(=O)n3C)cc1. The minimum absolute atomic E-state index is 0.144. The number of aromatic nitrogens is 4. The molecule has 142 valence electrons. The average molecular weight is 371 g/mol. The Kier molecular flexibility index (Phi) is 5.11. The number of fused-ring (bicyclic) bond motifs is 1. The van der Waals surface area contributed by atoms with Gasteiger partial charge in [0.15, 0.2) is 11.2 Å². The van der Waals surface area contributed by atoms with Crippen molar-refractivity contribution in [1.29, 1.82) is 0 Å². The van der Waals surface area contributed by atoms with Gasteiger partial charge in [-0.3, -0.25) is 18.7 Å². The Morgan fingerprint density at radius 3 is 2.52 bits per heavy atom. The van der Waals surface area contributed by atoms with Crippen LogP contribution in [-0.4, -0.2) is 31.7 Å². The Hall–Kier alpha value is -3.36. The van der Waals surface area contributed by atoms with Gasteiger partial charge < -0.3 is 14.6 Å². The van der Waals surface area contributed by atoms with Crippen molar-refractivity contribution in [3.8, 4) is 5.75 Å². The summed E-state index contributed by atoms with van der Waals surface area (Å²) in [6.07, 6.45) is 1.66. The molecule has 0 aliphatic rings. The summed E-state index contributed by atoms with van der Waals surface area (Å²) in [5, 5.41) is 2.84. The predicted molar refractivity (Wildman–Crippen MR) is 99.7 cm³/mol. The molecule has 0 spiro atoms. The van der Waals surface area contributed by atoms with Crippen LogP contribution in [0.3, 0.4) is 0 Å². The first-order valence-electron chi connectivity index (χ1n) is 8.43. The second-order valence-electron chi connectivity index (χ2n) is 6.19. The van der Waals surface area contributed by atoms with Crippen LogP contribution in [0.25, 0.3) is 11.2 Å². The Balaban J connectivity index is 1.67. The lowest BCUT2D eigenvalue weighted by Gasteiger charge is -2.08. The molecule has 2 heterocycles. The number of hydrogen-bond acceptors (Lipinski definition) is 5. The average Bonchev–Trinajstić information content (AvgIpc) is 3.12. The Bertz CT molecular complexity index is 1090. The third kappa shape index (κ3) is 3.62. The number of benzene rings is 1. The van der Waals surface area contributed by atoms with E-state index in [9.17, 15) is 14.4 Å². The monoisotopic (exact) mass is 371 g/mol. The summed E-state index contributed by atoms with van der Waals surface area (Å²) in [6, 6.07) is 7.43. The smallest absolute Gasteiger partial charge is 0.332 e. The fourth-order valence-corrected chi connectivity index (χ4v) is 2.82. The van der Waals surface area contributed by atoms with Gasteiger partial charge in [-0.05, 0) is 17.7 Å². The highest BCUT2D eigenvalue weighted by molar-refractivity contribution is 5.76. The summed E-state index contributed by atoms with van der Waals surface area (Å²) in [5.41, 5.74) is 0.713. The fraction of sp³-hybridized carbons (Fsp3) is 0.333. The van der Waals surface area contributed by atoms with Crippen molar-refractivity contribution >= 4 is 17.1 Å². The van der Waals surface area contributed by atoms with E-state index in [0.29, 0.717) is 24.3 Å². The van der Waals surface area contributed by atoms with Gasteiger partial charge in [0, 0.05) is 33.6 Å². The summed E-state index contributed by atoms with van der Waals surface area (Å²) in [7, 11) is 4.58. The second-order valence-corrected chi connectivity index (χ2v) is 6.19. The van der Waals surface area contributed by atoms with Crippen LogP contribution in [0.1, 0.15) is 12.0 Å². The second kappa shape index (κ2) is 7.48. The zero-order valence-electron chi connectivity index (χ0n) is 15.4. The highest BCUT2D eigenvalue weighted by Crippen LogP contribution is 2.11. The molecule has 1 N–H and O–H groups in total. The van der Waals surface area contributed by atoms with Crippen molar-refractivity contribution in [2.75, 3.05) is 7.11 Å². The standard InChI is InChI=1S/C18H21N5O4/c1-21-16-15(17(25)22(2)18(21)26)23(11-20-16)9-8-14(24)19-10-12-4-6-13(27-3)7-5-12/h4-7,11H,8-10H2,1-3H3,(H,19,24). The van der Waals surface area contributed by atoms with E-state index in [1.165, 1.54) is 17.9 Å². The van der Waals surface area contributed by atoms with Crippen LogP contribution in [0.2, 0.25) is 0 Å². The lowest BCUT2D eigenvalue weighted by atomic mass is 10.2. The maximum atomic E-state index is 12.4. The van der Waals surface area contributed by atoms with E-state index in [0.717, 1.165) is 15.9 Å². The summed E-state index contributed by atoms with van der Waals surface area (Å²) in [5.74, 6) is 0.613. The van der Waals surface area contributed by atoms with E-state index < -0.39 is 11.2 Å². The first-order chi connectivity index (χ1) is 12.9. The molecule has 3 rings (SSSR count). The zero-order valence-corrected chi connectivity index (χ0v) is 15.4. The maximum absolute atomic E-state index is 12.4. The molecule has 9 heteroatoms. The molecule has 0 radical (unpaired) electrons. The van der Waals surface area contributed by atoms with Gasteiger partial charge in [-0.15, -0.1) is 0 Å². The minimum atomic E-state index is -0.435. The molecule has 3 aromatic rings. The van der Waals surface area contributed by atoms with Crippen LogP contribution in [0, 0.1) is 0 Å². The van der Waals surface area contributed by atoms with Gasteiger partial charge in [0.25, 0.3) is 5.56 Å². The van der Waals surface area contributed by atoms with Crippen molar-refractivity contribution in [3.05, 3.63) is 57.0 Å². The molecule has 0 aliphatic carbocycles. The van der Waals surface area contributed by atoms with Gasteiger partial charge in [0.2, 0.25) is 5.91 Å². The quantitative estimate of drug-likeness (QED) is 0.665. The van der Waals surface area contributed by atoms with E-state index in [1.807, 2.05) is 24.3 Å². The third-order valence-corrected chi connectivity index (χ3v) is 4.45. The van der Waals surface area contributed by atoms with Crippen LogP contribution in [0.15, 0.2) is 40.2 Å². The summed E-state index contributed by atoms with van der Waals surface area (Å²) in [4.78, 5) is 40.6. The third-order valence-electron chi connectivity index (χ3n) is 4.45. The van der Waals surface area contributed by atoms with Crippen molar-refractivity contribution < 1.29 is 9.53 Å². The van der Waals surface area contributed by atoms with E-state index >= 15 is 0 Å². The molecular weight excluding hydrogens is 350 g/mol. The van der Waals surface area contributed by atoms with Crippen molar-refractivity contribution in [1.82, 2.24) is 24.0 Å². The number of rotatable bonds is 6. The number of nitrogens with one attached hydrogen (secondary N) is 1. The number of imidazole rings is 1. The number of carbonyl (C=O) groups is 1. The van der Waals surface area contributed by atoms with E-state index in [-0.39, 0.29) is 12.3 Å². The Labute approximate surface area is 154 Å². The van der Waals surface area contributed by atoms with E-state index in [4.69, 9.17) is 4.74 Å². The Morgan fingerprint density at radius 1 is 1.15 bits per heavy atom. The van der Waals surface area contributed by atoms with Crippen LogP contribution < -0.4 is 21.3 Å². The molecule has 1 aromatic carbocycles. The molecule has 0 saturated heterocycles. The highest BCUT2D eigenvalue weighted by Gasteiger charge is 2.14. The number of aryl methyl sites for hydroxylation is 2. The number of carbonyl (C=O) groups excluding carboxylic acids is 1. The predicted octanol–water partition coefficient (Wildman–Crippen LogP) is 0.149. The number of amides is 1.